The maximum atomic E-state index is 13.2. The van der Waals surface area contributed by atoms with E-state index in [1.165, 1.54) is 12.1 Å². The highest BCUT2D eigenvalue weighted by Gasteiger charge is 2.18. The van der Waals surface area contributed by atoms with Crippen molar-refractivity contribution in [3.05, 3.63) is 65.5 Å². The maximum absolute atomic E-state index is 13.2. The topological polar surface area (TPSA) is 49.4 Å². The van der Waals surface area contributed by atoms with Crippen molar-refractivity contribution < 1.29 is 14.0 Å². The summed E-state index contributed by atoms with van der Waals surface area (Å²) < 4.78 is 13.2. The molecule has 29 heavy (non-hydrogen) atoms. The van der Waals surface area contributed by atoms with E-state index in [0.717, 1.165) is 16.8 Å². The molecule has 0 atom stereocenters. The number of hydrogen-bond donors (Lipinski definition) is 1. The fourth-order valence-corrected chi connectivity index (χ4v) is 2.96. The van der Waals surface area contributed by atoms with Gasteiger partial charge in [0.25, 0.3) is 0 Å². The molecule has 0 aliphatic carbocycles. The fourth-order valence-electron chi connectivity index (χ4n) is 2.96. The Hall–Kier alpha value is -2.69. The van der Waals surface area contributed by atoms with Gasteiger partial charge in [0.05, 0.1) is 13.0 Å². The molecule has 0 aliphatic rings. The Balaban J connectivity index is 2.21. The molecule has 0 aromatic heterocycles. The lowest BCUT2D eigenvalue weighted by Crippen LogP contribution is -2.31. The number of rotatable bonds is 9. The van der Waals surface area contributed by atoms with Gasteiger partial charge in [0, 0.05) is 18.7 Å². The zero-order valence-corrected chi connectivity index (χ0v) is 17.7. The third kappa shape index (κ3) is 7.68. The minimum absolute atomic E-state index is 0.00531. The lowest BCUT2D eigenvalue weighted by atomic mass is 10.1. The van der Waals surface area contributed by atoms with Crippen molar-refractivity contribution in [2.75, 3.05) is 11.4 Å². The summed E-state index contributed by atoms with van der Waals surface area (Å²) in [5.41, 5.74) is 2.45. The summed E-state index contributed by atoms with van der Waals surface area (Å²) in [6.07, 6.45) is 0.684. The van der Waals surface area contributed by atoms with Gasteiger partial charge in [-0.2, -0.15) is 0 Å². The minimum Gasteiger partial charge on any atom is -0.356 e. The predicted molar refractivity (Wildman–Crippen MR) is 115 cm³/mol. The first-order valence-electron chi connectivity index (χ1n) is 10.1. The molecule has 2 aromatic rings. The van der Waals surface area contributed by atoms with E-state index >= 15 is 0 Å². The van der Waals surface area contributed by atoms with Gasteiger partial charge in [0.2, 0.25) is 11.8 Å². The molecule has 0 radical (unpaired) electrons. The average Bonchev–Trinajstić information content (AvgIpc) is 2.65. The molecule has 0 fully saturated rings. The zero-order chi connectivity index (χ0) is 21.4. The van der Waals surface area contributed by atoms with Crippen molar-refractivity contribution >= 4 is 17.5 Å². The van der Waals surface area contributed by atoms with Crippen LogP contribution in [0.15, 0.2) is 48.5 Å². The van der Waals surface area contributed by atoms with Crippen LogP contribution in [-0.4, -0.2) is 18.4 Å². The van der Waals surface area contributed by atoms with Crippen LogP contribution < -0.4 is 10.2 Å². The number of amides is 2. The Kier molecular flexibility index (Phi) is 8.37. The molecule has 1 N–H and O–H groups in total. The van der Waals surface area contributed by atoms with E-state index in [1.807, 2.05) is 38.1 Å². The molecule has 4 nitrogen and oxygen atoms in total. The number of halogens is 1. The van der Waals surface area contributed by atoms with Gasteiger partial charge in [-0.15, -0.1) is 0 Å². The van der Waals surface area contributed by atoms with Crippen LogP contribution in [0.3, 0.4) is 0 Å². The molecule has 0 aliphatic heterocycles. The lowest BCUT2D eigenvalue weighted by molar-refractivity contribution is -0.120. The molecule has 0 unspecified atom stereocenters. The molecule has 5 heteroatoms. The largest absolute Gasteiger partial charge is 0.356 e. The Morgan fingerprint density at radius 1 is 0.966 bits per heavy atom. The zero-order valence-electron chi connectivity index (χ0n) is 17.7. The van der Waals surface area contributed by atoms with Crippen LogP contribution in [0, 0.1) is 17.7 Å². The average molecular weight is 399 g/mol. The van der Waals surface area contributed by atoms with Gasteiger partial charge in [-0.25, -0.2) is 4.39 Å². The normalized spacial score (nSPS) is 11.0. The summed E-state index contributed by atoms with van der Waals surface area (Å²) >= 11 is 0. The van der Waals surface area contributed by atoms with E-state index in [0.29, 0.717) is 25.4 Å². The molecule has 0 spiro atoms. The summed E-state index contributed by atoms with van der Waals surface area (Å²) in [6, 6.07) is 13.7. The highest BCUT2D eigenvalue weighted by Crippen LogP contribution is 2.22. The van der Waals surface area contributed by atoms with Crippen LogP contribution in [0.1, 0.15) is 45.2 Å². The standard InChI is InChI=1S/C24H31FN2O2/c1-17(2)12-24(29)27(16-19-8-10-21(25)11-9-19)22-7-5-6-20(13-22)14-23(28)26-15-18(3)4/h5-11,13,17-18H,12,14-16H2,1-4H3,(H,26,28). The Bertz CT molecular complexity index is 816. The van der Waals surface area contributed by atoms with E-state index in [4.69, 9.17) is 0 Å². The Morgan fingerprint density at radius 2 is 1.66 bits per heavy atom. The smallest absolute Gasteiger partial charge is 0.227 e. The first-order chi connectivity index (χ1) is 13.7. The number of nitrogens with one attached hydrogen (secondary N) is 1. The Morgan fingerprint density at radius 3 is 2.28 bits per heavy atom. The number of anilines is 1. The second kappa shape index (κ2) is 10.7. The molecule has 2 amide bonds. The van der Waals surface area contributed by atoms with E-state index < -0.39 is 0 Å². The number of carbonyl (C=O) groups is 2. The molecular weight excluding hydrogens is 367 g/mol. The van der Waals surface area contributed by atoms with E-state index in [9.17, 15) is 14.0 Å². The van der Waals surface area contributed by atoms with Crippen LogP contribution in [0.2, 0.25) is 0 Å². The quantitative estimate of drug-likeness (QED) is 0.664. The van der Waals surface area contributed by atoms with Crippen LogP contribution in [0.4, 0.5) is 10.1 Å². The molecule has 2 rings (SSSR count). The van der Waals surface area contributed by atoms with Gasteiger partial charge < -0.3 is 10.2 Å². The summed E-state index contributed by atoms with van der Waals surface area (Å²) in [6.45, 7) is 9.10. The maximum Gasteiger partial charge on any atom is 0.227 e. The minimum atomic E-state index is -0.303. The van der Waals surface area contributed by atoms with Gasteiger partial charge in [0.1, 0.15) is 5.82 Å². The summed E-state index contributed by atoms with van der Waals surface area (Å²) in [5, 5.41) is 2.92. The number of nitrogens with zero attached hydrogens (tertiary/aromatic N) is 1. The second-order valence-electron chi connectivity index (χ2n) is 8.25. The van der Waals surface area contributed by atoms with Crippen LogP contribution in [0.5, 0.6) is 0 Å². The van der Waals surface area contributed by atoms with Crippen LogP contribution in [-0.2, 0) is 22.6 Å². The fraction of sp³-hybridized carbons (Fsp3) is 0.417. The highest BCUT2D eigenvalue weighted by molar-refractivity contribution is 5.93. The first-order valence-corrected chi connectivity index (χ1v) is 10.1. The van der Waals surface area contributed by atoms with E-state index in [-0.39, 0.29) is 30.0 Å². The summed E-state index contributed by atoms with van der Waals surface area (Å²) in [7, 11) is 0. The van der Waals surface area contributed by atoms with Crippen LogP contribution in [0.25, 0.3) is 0 Å². The van der Waals surface area contributed by atoms with Crippen molar-refractivity contribution in [2.24, 2.45) is 11.8 Å². The van der Waals surface area contributed by atoms with Crippen LogP contribution >= 0.6 is 0 Å². The molecular formula is C24H31FN2O2. The van der Waals surface area contributed by atoms with Crippen molar-refractivity contribution in [3.63, 3.8) is 0 Å². The SMILES string of the molecule is CC(C)CNC(=O)Cc1cccc(N(Cc2ccc(F)cc2)C(=O)CC(C)C)c1. The van der Waals surface area contributed by atoms with Gasteiger partial charge in [-0.1, -0.05) is 52.0 Å². The Labute approximate surface area is 173 Å². The number of hydrogen-bond acceptors (Lipinski definition) is 2. The van der Waals surface area contributed by atoms with Gasteiger partial charge >= 0.3 is 0 Å². The lowest BCUT2D eigenvalue weighted by Gasteiger charge is -2.24. The number of carbonyl (C=O) groups excluding carboxylic acids is 2. The second-order valence-corrected chi connectivity index (χ2v) is 8.25. The molecule has 2 aromatic carbocycles. The van der Waals surface area contributed by atoms with Crippen molar-refractivity contribution in [3.8, 4) is 0 Å². The molecule has 0 bridgehead atoms. The predicted octanol–water partition coefficient (Wildman–Crippen LogP) is 4.72. The molecule has 156 valence electrons. The summed E-state index contributed by atoms with van der Waals surface area (Å²) in [5.74, 6) is 0.289. The summed E-state index contributed by atoms with van der Waals surface area (Å²) in [4.78, 5) is 26.8. The van der Waals surface area contributed by atoms with Crippen molar-refractivity contribution in [1.82, 2.24) is 5.32 Å². The molecule has 0 saturated carbocycles. The first kappa shape index (κ1) is 22.6. The van der Waals surface area contributed by atoms with Crippen molar-refractivity contribution in [2.45, 2.75) is 47.1 Å². The number of benzene rings is 2. The third-order valence-corrected chi connectivity index (χ3v) is 4.43. The van der Waals surface area contributed by atoms with Crippen molar-refractivity contribution in [1.29, 1.82) is 0 Å². The molecule has 0 saturated heterocycles. The monoisotopic (exact) mass is 398 g/mol. The van der Waals surface area contributed by atoms with Gasteiger partial charge in [0.15, 0.2) is 0 Å². The molecule has 0 heterocycles. The third-order valence-electron chi connectivity index (χ3n) is 4.43. The van der Waals surface area contributed by atoms with Gasteiger partial charge in [-0.3, -0.25) is 9.59 Å². The van der Waals surface area contributed by atoms with E-state index in [2.05, 4.69) is 19.2 Å². The van der Waals surface area contributed by atoms with E-state index in [1.54, 1.807) is 17.0 Å². The highest BCUT2D eigenvalue weighted by atomic mass is 19.1. The van der Waals surface area contributed by atoms with Gasteiger partial charge in [-0.05, 0) is 47.2 Å².